The molecule has 0 radical (unpaired) electrons. The van der Waals surface area contributed by atoms with Crippen molar-refractivity contribution in [2.75, 3.05) is 13.7 Å². The van der Waals surface area contributed by atoms with Crippen LogP contribution in [0.4, 0.5) is 0 Å². The minimum Gasteiger partial charge on any atom is -0.497 e. The lowest BCUT2D eigenvalue weighted by atomic mass is 9.86. The van der Waals surface area contributed by atoms with Crippen molar-refractivity contribution >= 4 is 14.1 Å². The van der Waals surface area contributed by atoms with E-state index in [9.17, 15) is 9.90 Å². The number of carbonyl (C=O) groups is 1. The standard InChI is InChI=1S/C26H46O5Si/c1-9-32(10-2,11-3)31-26(21(7)25(28)16-24(27)19(4)5)20(6)17-30-18-22-12-14-23(29-8)15-13-22/h12-15,19-21,25-26,28H,9-11,16-18H2,1-8H3/t20-,21+,25+,26+/m0/s1. The van der Waals surface area contributed by atoms with Crippen LogP contribution in [0.3, 0.4) is 0 Å². The van der Waals surface area contributed by atoms with E-state index in [0.29, 0.717) is 13.2 Å². The molecule has 6 heteroatoms. The molecule has 0 fully saturated rings. The van der Waals surface area contributed by atoms with Crippen LogP contribution in [-0.2, 0) is 20.6 Å². The Balaban J connectivity index is 2.90. The summed E-state index contributed by atoms with van der Waals surface area (Å²) in [6.45, 7) is 15.6. The van der Waals surface area contributed by atoms with E-state index in [0.717, 1.165) is 29.4 Å². The molecule has 0 unspecified atom stereocenters. The van der Waals surface area contributed by atoms with Gasteiger partial charge in [0.1, 0.15) is 11.5 Å². The maximum absolute atomic E-state index is 12.3. The van der Waals surface area contributed by atoms with Crippen molar-refractivity contribution in [2.24, 2.45) is 17.8 Å². The third-order valence-corrected chi connectivity index (χ3v) is 11.5. The van der Waals surface area contributed by atoms with E-state index in [1.807, 2.05) is 45.0 Å². The van der Waals surface area contributed by atoms with Gasteiger partial charge in [-0.3, -0.25) is 4.79 Å². The Bertz CT molecular complexity index is 648. The largest absolute Gasteiger partial charge is 0.497 e. The van der Waals surface area contributed by atoms with Crippen LogP contribution in [0, 0.1) is 17.8 Å². The summed E-state index contributed by atoms with van der Waals surface area (Å²) in [6.07, 6.45) is -0.680. The fraction of sp³-hybridized carbons (Fsp3) is 0.731. The lowest BCUT2D eigenvalue weighted by Gasteiger charge is -2.40. The Morgan fingerprint density at radius 3 is 2.03 bits per heavy atom. The molecule has 0 aromatic heterocycles. The van der Waals surface area contributed by atoms with Gasteiger partial charge in [-0.05, 0) is 35.8 Å². The molecule has 1 aromatic rings. The number of carbonyl (C=O) groups excluding carboxylic acids is 1. The summed E-state index contributed by atoms with van der Waals surface area (Å²) in [5.41, 5.74) is 1.09. The zero-order chi connectivity index (χ0) is 24.3. The van der Waals surface area contributed by atoms with Crippen LogP contribution in [0.2, 0.25) is 18.1 Å². The first-order chi connectivity index (χ1) is 15.1. The minimum absolute atomic E-state index is 0.0723. The number of ketones is 1. The third-order valence-electron chi connectivity index (χ3n) is 6.87. The number of Topliss-reactive ketones (excluding diaryl/α,β-unsaturated/α-hetero) is 1. The Kier molecular flexibility index (Phi) is 12.7. The summed E-state index contributed by atoms with van der Waals surface area (Å²) in [5, 5.41) is 10.9. The van der Waals surface area contributed by atoms with Gasteiger partial charge in [0.05, 0.1) is 32.5 Å². The highest BCUT2D eigenvalue weighted by molar-refractivity contribution is 6.73. The van der Waals surface area contributed by atoms with Crippen LogP contribution in [0.25, 0.3) is 0 Å². The molecule has 1 aromatic carbocycles. The van der Waals surface area contributed by atoms with E-state index < -0.39 is 14.4 Å². The lowest BCUT2D eigenvalue weighted by Crippen LogP contribution is -2.48. The number of ether oxygens (including phenoxy) is 2. The van der Waals surface area contributed by atoms with Crippen LogP contribution >= 0.6 is 0 Å². The van der Waals surface area contributed by atoms with Gasteiger partial charge in [0.2, 0.25) is 0 Å². The monoisotopic (exact) mass is 466 g/mol. The second-order valence-electron chi connectivity index (χ2n) is 9.42. The number of aliphatic hydroxyl groups is 1. The van der Waals surface area contributed by atoms with Gasteiger partial charge in [-0.15, -0.1) is 0 Å². The number of methoxy groups -OCH3 is 1. The maximum Gasteiger partial charge on any atom is 0.192 e. The molecule has 1 rings (SSSR count). The number of benzene rings is 1. The number of aliphatic hydroxyl groups excluding tert-OH is 1. The van der Waals surface area contributed by atoms with Crippen molar-refractivity contribution in [2.45, 2.75) is 91.8 Å². The van der Waals surface area contributed by atoms with Crippen LogP contribution in [0.5, 0.6) is 5.75 Å². The molecule has 0 spiro atoms. The Hall–Kier alpha value is -1.21. The summed E-state index contributed by atoms with van der Waals surface area (Å²) in [4.78, 5) is 12.3. The highest BCUT2D eigenvalue weighted by Crippen LogP contribution is 2.31. The van der Waals surface area contributed by atoms with E-state index >= 15 is 0 Å². The predicted octanol–water partition coefficient (Wildman–Crippen LogP) is 5.85. The number of rotatable bonds is 16. The van der Waals surface area contributed by atoms with Gasteiger partial charge in [0, 0.05) is 24.2 Å². The first-order valence-electron chi connectivity index (χ1n) is 12.2. The van der Waals surface area contributed by atoms with E-state index in [2.05, 4.69) is 27.7 Å². The molecule has 0 amide bonds. The quantitative estimate of drug-likeness (QED) is 0.310. The molecule has 0 saturated carbocycles. The molecule has 0 aliphatic heterocycles. The summed E-state index contributed by atoms with van der Waals surface area (Å²) in [6, 6.07) is 11.0. The molecule has 0 aliphatic carbocycles. The lowest BCUT2D eigenvalue weighted by molar-refractivity contribution is -0.125. The third kappa shape index (κ3) is 8.62. The molecule has 0 heterocycles. The summed E-state index contributed by atoms with van der Waals surface area (Å²) in [5.74, 6) is 0.806. The van der Waals surface area contributed by atoms with Crippen LogP contribution < -0.4 is 4.74 Å². The van der Waals surface area contributed by atoms with E-state index in [1.54, 1.807) is 7.11 Å². The molecule has 184 valence electrons. The van der Waals surface area contributed by atoms with Gasteiger partial charge in [-0.2, -0.15) is 0 Å². The molecule has 1 N–H and O–H groups in total. The summed E-state index contributed by atoms with van der Waals surface area (Å²) in [7, 11) is -0.236. The molecule has 0 bridgehead atoms. The first-order valence-corrected chi connectivity index (χ1v) is 14.7. The van der Waals surface area contributed by atoms with Gasteiger partial charge in [-0.1, -0.05) is 60.6 Å². The number of hydrogen-bond acceptors (Lipinski definition) is 5. The smallest absolute Gasteiger partial charge is 0.192 e. The van der Waals surface area contributed by atoms with Crippen LogP contribution in [0.15, 0.2) is 24.3 Å². The molecule has 0 saturated heterocycles. The average molecular weight is 467 g/mol. The molecular formula is C26H46O5Si. The fourth-order valence-electron chi connectivity index (χ4n) is 4.06. The Labute approximate surface area is 197 Å². The van der Waals surface area contributed by atoms with E-state index in [4.69, 9.17) is 13.9 Å². The molecule has 5 nitrogen and oxygen atoms in total. The second-order valence-corrected chi connectivity index (χ2v) is 14.1. The van der Waals surface area contributed by atoms with Crippen molar-refractivity contribution in [3.05, 3.63) is 29.8 Å². The van der Waals surface area contributed by atoms with Crippen LogP contribution in [0.1, 0.15) is 60.5 Å². The molecular weight excluding hydrogens is 420 g/mol. The van der Waals surface area contributed by atoms with Crippen molar-refractivity contribution < 1.29 is 23.8 Å². The fourth-order valence-corrected chi connectivity index (χ4v) is 7.08. The minimum atomic E-state index is -1.89. The predicted molar refractivity (Wildman–Crippen MR) is 134 cm³/mol. The van der Waals surface area contributed by atoms with Gasteiger partial charge < -0.3 is 19.0 Å². The zero-order valence-electron chi connectivity index (χ0n) is 21.5. The molecule has 0 aliphatic rings. The van der Waals surface area contributed by atoms with Crippen molar-refractivity contribution in [3.63, 3.8) is 0 Å². The first kappa shape index (κ1) is 28.8. The maximum atomic E-state index is 12.3. The summed E-state index contributed by atoms with van der Waals surface area (Å²) < 4.78 is 18.1. The Morgan fingerprint density at radius 1 is 1.00 bits per heavy atom. The van der Waals surface area contributed by atoms with Gasteiger partial charge >= 0.3 is 0 Å². The van der Waals surface area contributed by atoms with Crippen molar-refractivity contribution in [1.29, 1.82) is 0 Å². The average Bonchev–Trinajstić information content (AvgIpc) is 2.80. The van der Waals surface area contributed by atoms with Gasteiger partial charge in [0.25, 0.3) is 0 Å². The molecule has 4 atom stereocenters. The SMILES string of the molecule is CC[Si](CC)(CC)O[C@@H]([C@H](C)[C@H](O)CC(=O)C(C)C)[C@@H](C)COCc1ccc(OC)cc1. The van der Waals surface area contributed by atoms with E-state index in [-0.39, 0.29) is 36.1 Å². The highest BCUT2D eigenvalue weighted by Gasteiger charge is 2.38. The van der Waals surface area contributed by atoms with Gasteiger partial charge in [-0.25, -0.2) is 0 Å². The normalized spacial score (nSPS) is 15.9. The van der Waals surface area contributed by atoms with Crippen molar-refractivity contribution in [3.8, 4) is 5.75 Å². The van der Waals surface area contributed by atoms with Gasteiger partial charge in [0.15, 0.2) is 8.32 Å². The topological polar surface area (TPSA) is 65.0 Å². The summed E-state index contributed by atoms with van der Waals surface area (Å²) >= 11 is 0. The Morgan fingerprint density at radius 2 is 1.56 bits per heavy atom. The number of hydrogen-bond donors (Lipinski definition) is 1. The highest BCUT2D eigenvalue weighted by atomic mass is 28.4. The van der Waals surface area contributed by atoms with Crippen LogP contribution in [-0.4, -0.2) is 45.1 Å². The second kappa shape index (κ2) is 14.1. The van der Waals surface area contributed by atoms with Crippen molar-refractivity contribution in [1.82, 2.24) is 0 Å². The zero-order valence-corrected chi connectivity index (χ0v) is 22.5. The molecule has 32 heavy (non-hydrogen) atoms. The van der Waals surface area contributed by atoms with E-state index in [1.165, 1.54) is 0 Å².